The van der Waals surface area contributed by atoms with Crippen molar-refractivity contribution in [2.45, 2.75) is 27.2 Å². The second-order valence-electron chi connectivity index (χ2n) is 3.08. The second-order valence-corrected chi connectivity index (χ2v) is 3.08. The Labute approximate surface area is 74.2 Å². The van der Waals surface area contributed by atoms with E-state index in [1.807, 2.05) is 6.92 Å². The van der Waals surface area contributed by atoms with Gasteiger partial charge in [-0.3, -0.25) is 0 Å². The Morgan fingerprint density at radius 3 is 2.67 bits per heavy atom. The van der Waals surface area contributed by atoms with Gasteiger partial charge >= 0.3 is 6.03 Å². The minimum absolute atomic E-state index is 0.131. The average molecular weight is 170 g/mol. The highest BCUT2D eigenvalue weighted by Gasteiger charge is 1.96. The molecule has 0 aromatic heterocycles. The van der Waals surface area contributed by atoms with Crippen molar-refractivity contribution in [2.24, 2.45) is 5.92 Å². The van der Waals surface area contributed by atoms with Crippen LogP contribution in [0.4, 0.5) is 4.79 Å². The summed E-state index contributed by atoms with van der Waals surface area (Å²) in [5.74, 6) is 0.631. The van der Waals surface area contributed by atoms with Gasteiger partial charge in [0.15, 0.2) is 0 Å². The van der Waals surface area contributed by atoms with Crippen LogP contribution in [-0.4, -0.2) is 12.6 Å². The predicted molar refractivity (Wildman–Crippen MR) is 50.8 cm³/mol. The smallest absolute Gasteiger partial charge is 0.318 e. The van der Waals surface area contributed by atoms with Gasteiger partial charge in [-0.1, -0.05) is 19.9 Å². The third-order valence-electron chi connectivity index (χ3n) is 1.39. The van der Waals surface area contributed by atoms with E-state index in [1.165, 1.54) is 0 Å². The molecule has 0 heterocycles. The van der Waals surface area contributed by atoms with Crippen LogP contribution in [0, 0.1) is 5.92 Å². The Morgan fingerprint density at radius 2 is 2.17 bits per heavy atom. The SMILES string of the molecule is C/C=C/NC(=O)NCCC(C)C. The van der Waals surface area contributed by atoms with Crippen molar-refractivity contribution in [1.29, 1.82) is 0 Å². The van der Waals surface area contributed by atoms with Crippen LogP contribution in [0.5, 0.6) is 0 Å². The van der Waals surface area contributed by atoms with E-state index in [0.717, 1.165) is 13.0 Å². The summed E-state index contributed by atoms with van der Waals surface area (Å²) in [6.45, 7) is 6.85. The summed E-state index contributed by atoms with van der Waals surface area (Å²) in [6, 6.07) is -0.131. The van der Waals surface area contributed by atoms with Gasteiger partial charge in [0.05, 0.1) is 0 Å². The second kappa shape index (κ2) is 6.70. The molecule has 2 N–H and O–H groups in total. The molecule has 0 aliphatic rings. The summed E-state index contributed by atoms with van der Waals surface area (Å²) >= 11 is 0. The summed E-state index contributed by atoms with van der Waals surface area (Å²) < 4.78 is 0. The lowest BCUT2D eigenvalue weighted by molar-refractivity contribution is 0.243. The summed E-state index contributed by atoms with van der Waals surface area (Å²) in [4.78, 5) is 10.9. The Morgan fingerprint density at radius 1 is 1.50 bits per heavy atom. The van der Waals surface area contributed by atoms with Crippen molar-refractivity contribution in [3.63, 3.8) is 0 Å². The fourth-order valence-corrected chi connectivity index (χ4v) is 0.684. The lowest BCUT2D eigenvalue weighted by atomic mass is 10.1. The van der Waals surface area contributed by atoms with E-state index in [1.54, 1.807) is 12.3 Å². The van der Waals surface area contributed by atoms with Gasteiger partial charge in [-0.2, -0.15) is 0 Å². The van der Waals surface area contributed by atoms with E-state index >= 15 is 0 Å². The Balaban J connectivity index is 3.32. The third kappa shape index (κ3) is 7.12. The van der Waals surface area contributed by atoms with Crippen molar-refractivity contribution in [2.75, 3.05) is 6.54 Å². The number of amides is 2. The van der Waals surface area contributed by atoms with Gasteiger partial charge in [0.2, 0.25) is 0 Å². The van der Waals surface area contributed by atoms with Gasteiger partial charge in [-0.05, 0) is 19.3 Å². The van der Waals surface area contributed by atoms with E-state index in [0.29, 0.717) is 5.92 Å². The van der Waals surface area contributed by atoms with Crippen LogP contribution in [0.25, 0.3) is 0 Å². The number of carbonyl (C=O) groups is 1. The monoisotopic (exact) mass is 170 g/mol. The van der Waals surface area contributed by atoms with E-state index in [9.17, 15) is 4.79 Å². The minimum Gasteiger partial charge on any atom is -0.338 e. The maximum atomic E-state index is 10.9. The van der Waals surface area contributed by atoms with Crippen LogP contribution >= 0.6 is 0 Å². The molecule has 2 amide bonds. The number of allylic oxidation sites excluding steroid dienone is 1. The fourth-order valence-electron chi connectivity index (χ4n) is 0.684. The highest BCUT2D eigenvalue weighted by Crippen LogP contribution is 1.95. The molecule has 0 rings (SSSR count). The summed E-state index contributed by atoms with van der Waals surface area (Å²) in [6.07, 6.45) is 4.41. The van der Waals surface area contributed by atoms with Crippen LogP contribution in [0.3, 0.4) is 0 Å². The quantitative estimate of drug-likeness (QED) is 0.664. The molecule has 0 fully saturated rings. The third-order valence-corrected chi connectivity index (χ3v) is 1.39. The summed E-state index contributed by atoms with van der Waals surface area (Å²) in [7, 11) is 0. The number of carbonyl (C=O) groups excluding carboxylic acids is 1. The van der Waals surface area contributed by atoms with Gasteiger partial charge in [-0.25, -0.2) is 4.79 Å². The molecule has 0 spiro atoms. The maximum Gasteiger partial charge on any atom is 0.318 e. The number of hydrogen-bond acceptors (Lipinski definition) is 1. The molecule has 3 heteroatoms. The van der Waals surface area contributed by atoms with E-state index in [4.69, 9.17) is 0 Å². The Bertz CT molecular complexity index is 153. The van der Waals surface area contributed by atoms with Crippen molar-refractivity contribution in [3.05, 3.63) is 12.3 Å². The molecule has 0 bridgehead atoms. The number of nitrogens with one attached hydrogen (secondary N) is 2. The van der Waals surface area contributed by atoms with Gasteiger partial charge < -0.3 is 10.6 Å². The summed E-state index contributed by atoms with van der Waals surface area (Å²) in [5, 5.41) is 5.32. The topological polar surface area (TPSA) is 41.1 Å². The average Bonchev–Trinajstić information content (AvgIpc) is 2.00. The minimum atomic E-state index is -0.131. The molecule has 12 heavy (non-hydrogen) atoms. The molecule has 0 radical (unpaired) electrons. The van der Waals surface area contributed by atoms with Crippen LogP contribution in [0.1, 0.15) is 27.2 Å². The largest absolute Gasteiger partial charge is 0.338 e. The first-order valence-electron chi connectivity index (χ1n) is 4.32. The molecule has 0 unspecified atom stereocenters. The van der Waals surface area contributed by atoms with E-state index < -0.39 is 0 Å². The first kappa shape index (κ1) is 11.0. The van der Waals surface area contributed by atoms with Crippen molar-refractivity contribution >= 4 is 6.03 Å². The zero-order chi connectivity index (χ0) is 9.40. The maximum absolute atomic E-state index is 10.9. The highest BCUT2D eigenvalue weighted by molar-refractivity contribution is 5.74. The van der Waals surface area contributed by atoms with Gasteiger partial charge in [0, 0.05) is 12.7 Å². The van der Waals surface area contributed by atoms with Crippen LogP contribution in [0.15, 0.2) is 12.3 Å². The number of urea groups is 1. The normalized spacial score (nSPS) is 10.7. The molecule has 70 valence electrons. The molecule has 0 aliphatic heterocycles. The predicted octanol–water partition coefficient (Wildman–Crippen LogP) is 1.87. The molecule has 0 atom stereocenters. The molecular formula is C9H18N2O. The van der Waals surface area contributed by atoms with Crippen molar-refractivity contribution < 1.29 is 4.79 Å². The Hall–Kier alpha value is -0.990. The molecule has 0 saturated heterocycles. The van der Waals surface area contributed by atoms with Gasteiger partial charge in [-0.15, -0.1) is 0 Å². The van der Waals surface area contributed by atoms with Gasteiger partial charge in [0.1, 0.15) is 0 Å². The first-order valence-corrected chi connectivity index (χ1v) is 4.32. The molecule has 0 aromatic rings. The molecule has 0 aromatic carbocycles. The van der Waals surface area contributed by atoms with Crippen molar-refractivity contribution in [3.8, 4) is 0 Å². The summed E-state index contributed by atoms with van der Waals surface area (Å²) in [5.41, 5.74) is 0. The molecule has 3 nitrogen and oxygen atoms in total. The molecule has 0 aliphatic carbocycles. The lowest BCUT2D eigenvalue weighted by Gasteiger charge is -2.05. The number of rotatable bonds is 4. The standard InChI is InChI=1S/C9H18N2O/c1-4-6-10-9(12)11-7-5-8(2)3/h4,6,8H,5,7H2,1-3H3,(H2,10,11,12)/b6-4+. The number of hydrogen-bond donors (Lipinski definition) is 2. The Kier molecular flexibility index (Phi) is 6.15. The highest BCUT2D eigenvalue weighted by atomic mass is 16.2. The molecular weight excluding hydrogens is 152 g/mol. The molecule has 0 saturated carbocycles. The van der Waals surface area contributed by atoms with E-state index in [-0.39, 0.29) is 6.03 Å². The van der Waals surface area contributed by atoms with Crippen molar-refractivity contribution in [1.82, 2.24) is 10.6 Å². The van der Waals surface area contributed by atoms with Gasteiger partial charge in [0.25, 0.3) is 0 Å². The van der Waals surface area contributed by atoms with Crippen LogP contribution in [-0.2, 0) is 0 Å². The fraction of sp³-hybridized carbons (Fsp3) is 0.667. The lowest BCUT2D eigenvalue weighted by Crippen LogP contribution is -2.33. The van der Waals surface area contributed by atoms with E-state index in [2.05, 4.69) is 24.5 Å². The van der Waals surface area contributed by atoms with Crippen LogP contribution < -0.4 is 10.6 Å². The first-order chi connectivity index (χ1) is 5.66. The zero-order valence-corrected chi connectivity index (χ0v) is 8.05. The zero-order valence-electron chi connectivity index (χ0n) is 8.05. The van der Waals surface area contributed by atoms with Crippen LogP contribution in [0.2, 0.25) is 0 Å².